The summed E-state index contributed by atoms with van der Waals surface area (Å²) in [6, 6.07) is 7.21. The molecule has 1 aliphatic rings. The Bertz CT molecular complexity index is 816. The van der Waals surface area contributed by atoms with Gasteiger partial charge in [0.15, 0.2) is 23.0 Å². The first-order chi connectivity index (χ1) is 15.0. The molecule has 0 spiro atoms. The second-order valence-electron chi connectivity index (χ2n) is 6.98. The minimum Gasteiger partial charge on any atom is -0.493 e. The third-order valence-electron chi connectivity index (χ3n) is 5.27. The first-order valence-electron chi connectivity index (χ1n) is 9.76. The van der Waals surface area contributed by atoms with Gasteiger partial charge in [-0.05, 0) is 35.4 Å². The number of hydrogen-bond acceptors (Lipinski definition) is 8. The van der Waals surface area contributed by atoms with Crippen molar-refractivity contribution in [3.05, 3.63) is 35.4 Å². The van der Waals surface area contributed by atoms with Crippen molar-refractivity contribution in [2.75, 3.05) is 42.7 Å². The molecule has 168 valence electrons. The highest BCUT2D eigenvalue weighted by molar-refractivity contribution is 5.80. The molecule has 2 unspecified atom stereocenters. The molecule has 0 amide bonds. The van der Waals surface area contributed by atoms with E-state index in [1.165, 1.54) is 0 Å². The Kier molecular flexibility index (Phi) is 7.12. The molecule has 0 aromatic heterocycles. The number of rotatable bonds is 8. The van der Waals surface area contributed by atoms with Crippen LogP contribution in [0.15, 0.2) is 24.3 Å². The van der Waals surface area contributed by atoms with Crippen molar-refractivity contribution in [1.29, 1.82) is 0 Å². The summed E-state index contributed by atoms with van der Waals surface area (Å²) in [5.41, 5.74) is 1.53. The Morgan fingerprint density at radius 2 is 0.935 bits per heavy atom. The Morgan fingerprint density at radius 1 is 0.613 bits per heavy atom. The standard InChI is InChI=1S/C23H28O8/c1-25-18-7-13(8-19(26-2)22(18)29-5)16-11-15(24)12-17(31-16)14-9-20(27-3)23(30-6)21(10-14)28-4/h7-10,16-17H,11-12H2,1-6H3. The molecule has 8 heteroatoms. The van der Waals surface area contributed by atoms with E-state index < -0.39 is 12.2 Å². The average Bonchev–Trinajstić information content (AvgIpc) is 2.81. The Hall–Kier alpha value is -3.13. The van der Waals surface area contributed by atoms with Crippen LogP contribution in [0.5, 0.6) is 34.5 Å². The van der Waals surface area contributed by atoms with E-state index in [1.807, 2.05) is 0 Å². The fourth-order valence-electron chi connectivity index (χ4n) is 3.76. The number of ketones is 1. The number of ether oxygens (including phenoxy) is 7. The number of carbonyl (C=O) groups excluding carboxylic acids is 1. The van der Waals surface area contributed by atoms with Gasteiger partial charge in [0.2, 0.25) is 11.5 Å². The fraction of sp³-hybridized carbons (Fsp3) is 0.435. The van der Waals surface area contributed by atoms with Crippen molar-refractivity contribution in [3.63, 3.8) is 0 Å². The molecular formula is C23H28O8. The van der Waals surface area contributed by atoms with E-state index in [0.717, 1.165) is 11.1 Å². The number of carbonyl (C=O) groups is 1. The molecule has 0 N–H and O–H groups in total. The van der Waals surface area contributed by atoms with Crippen LogP contribution in [0.4, 0.5) is 0 Å². The highest BCUT2D eigenvalue weighted by Crippen LogP contribution is 2.46. The summed E-state index contributed by atoms with van der Waals surface area (Å²) in [6.07, 6.45) is -0.447. The molecule has 1 aliphatic heterocycles. The molecule has 1 fully saturated rings. The lowest BCUT2D eigenvalue weighted by molar-refractivity contribution is -0.136. The zero-order valence-electron chi connectivity index (χ0n) is 18.6. The predicted molar refractivity (Wildman–Crippen MR) is 113 cm³/mol. The van der Waals surface area contributed by atoms with Crippen LogP contribution in [-0.4, -0.2) is 48.4 Å². The van der Waals surface area contributed by atoms with Crippen molar-refractivity contribution in [2.45, 2.75) is 25.0 Å². The van der Waals surface area contributed by atoms with Crippen molar-refractivity contribution < 1.29 is 38.0 Å². The van der Waals surface area contributed by atoms with Crippen LogP contribution in [0, 0.1) is 0 Å². The van der Waals surface area contributed by atoms with Gasteiger partial charge in [-0.25, -0.2) is 0 Å². The van der Waals surface area contributed by atoms with Crippen molar-refractivity contribution >= 4 is 5.78 Å². The summed E-state index contributed by atoms with van der Waals surface area (Å²) in [6.45, 7) is 0. The summed E-state index contributed by atoms with van der Waals surface area (Å²) < 4.78 is 38.9. The van der Waals surface area contributed by atoms with Crippen LogP contribution in [0.25, 0.3) is 0 Å². The smallest absolute Gasteiger partial charge is 0.203 e. The van der Waals surface area contributed by atoms with Gasteiger partial charge in [-0.3, -0.25) is 4.79 Å². The molecule has 3 rings (SSSR count). The minimum atomic E-state index is -0.473. The number of Topliss-reactive ketones (excluding diaryl/α,β-unsaturated/α-hetero) is 1. The van der Waals surface area contributed by atoms with Gasteiger partial charge in [-0.15, -0.1) is 0 Å². The number of benzene rings is 2. The van der Waals surface area contributed by atoms with Gasteiger partial charge in [0.05, 0.1) is 54.9 Å². The lowest BCUT2D eigenvalue weighted by Crippen LogP contribution is -2.23. The van der Waals surface area contributed by atoms with Gasteiger partial charge in [0.1, 0.15) is 5.78 Å². The van der Waals surface area contributed by atoms with Crippen LogP contribution >= 0.6 is 0 Å². The third-order valence-corrected chi connectivity index (χ3v) is 5.27. The molecule has 0 bridgehead atoms. The minimum absolute atomic E-state index is 0.0868. The van der Waals surface area contributed by atoms with Crippen LogP contribution < -0.4 is 28.4 Å². The van der Waals surface area contributed by atoms with Gasteiger partial charge in [0, 0.05) is 12.8 Å². The largest absolute Gasteiger partial charge is 0.493 e. The Morgan fingerprint density at radius 3 is 1.19 bits per heavy atom. The molecule has 2 aromatic carbocycles. The van der Waals surface area contributed by atoms with E-state index in [1.54, 1.807) is 66.9 Å². The van der Waals surface area contributed by atoms with E-state index in [4.69, 9.17) is 33.2 Å². The van der Waals surface area contributed by atoms with E-state index >= 15 is 0 Å². The van der Waals surface area contributed by atoms with Crippen LogP contribution in [-0.2, 0) is 9.53 Å². The normalized spacial score (nSPS) is 18.3. The van der Waals surface area contributed by atoms with Crippen LogP contribution in [0.3, 0.4) is 0 Å². The lowest BCUT2D eigenvalue weighted by Gasteiger charge is -2.31. The molecule has 2 atom stereocenters. The van der Waals surface area contributed by atoms with Crippen molar-refractivity contribution in [1.82, 2.24) is 0 Å². The summed E-state index contributed by atoms with van der Waals surface area (Å²) in [4.78, 5) is 12.6. The fourth-order valence-corrected chi connectivity index (χ4v) is 3.76. The number of methoxy groups -OCH3 is 6. The summed E-state index contributed by atoms with van der Waals surface area (Å²) in [5.74, 6) is 3.06. The first kappa shape index (κ1) is 22.6. The Balaban J connectivity index is 1.99. The van der Waals surface area contributed by atoms with Gasteiger partial charge in [-0.2, -0.15) is 0 Å². The van der Waals surface area contributed by atoms with Crippen LogP contribution in [0.1, 0.15) is 36.2 Å². The quantitative estimate of drug-likeness (QED) is 0.621. The Labute approximate surface area is 181 Å². The highest BCUT2D eigenvalue weighted by atomic mass is 16.5. The predicted octanol–water partition coefficient (Wildman–Crippen LogP) is 3.90. The van der Waals surface area contributed by atoms with Crippen molar-refractivity contribution in [2.24, 2.45) is 0 Å². The van der Waals surface area contributed by atoms with Gasteiger partial charge in [0.25, 0.3) is 0 Å². The third kappa shape index (κ3) is 4.49. The highest BCUT2D eigenvalue weighted by Gasteiger charge is 2.32. The molecular weight excluding hydrogens is 404 g/mol. The molecule has 1 saturated heterocycles. The monoisotopic (exact) mass is 432 g/mol. The first-order valence-corrected chi connectivity index (χ1v) is 9.76. The SMILES string of the molecule is COc1cc(C2CC(=O)CC(c3cc(OC)c(OC)c(OC)c3)O2)cc(OC)c1OC. The molecule has 0 aliphatic carbocycles. The lowest BCUT2D eigenvalue weighted by atomic mass is 9.93. The van der Waals surface area contributed by atoms with Gasteiger partial charge >= 0.3 is 0 Å². The van der Waals surface area contributed by atoms with E-state index in [-0.39, 0.29) is 18.6 Å². The maximum absolute atomic E-state index is 12.6. The summed E-state index contributed by atoms with van der Waals surface area (Å²) >= 11 is 0. The second-order valence-corrected chi connectivity index (χ2v) is 6.98. The molecule has 0 radical (unpaired) electrons. The molecule has 0 saturated carbocycles. The average molecular weight is 432 g/mol. The zero-order chi connectivity index (χ0) is 22.5. The summed E-state index contributed by atoms with van der Waals surface area (Å²) in [7, 11) is 9.28. The van der Waals surface area contributed by atoms with E-state index in [9.17, 15) is 4.79 Å². The maximum Gasteiger partial charge on any atom is 0.203 e. The van der Waals surface area contributed by atoms with E-state index in [2.05, 4.69) is 0 Å². The van der Waals surface area contributed by atoms with Gasteiger partial charge < -0.3 is 33.2 Å². The molecule has 31 heavy (non-hydrogen) atoms. The summed E-state index contributed by atoms with van der Waals surface area (Å²) in [5, 5.41) is 0. The van der Waals surface area contributed by atoms with E-state index in [0.29, 0.717) is 34.5 Å². The molecule has 1 heterocycles. The maximum atomic E-state index is 12.6. The second kappa shape index (κ2) is 9.78. The molecule has 2 aromatic rings. The van der Waals surface area contributed by atoms with Crippen LogP contribution in [0.2, 0.25) is 0 Å². The zero-order valence-corrected chi connectivity index (χ0v) is 18.6. The number of hydrogen-bond donors (Lipinski definition) is 0. The molecule has 8 nitrogen and oxygen atoms in total. The van der Waals surface area contributed by atoms with Gasteiger partial charge in [-0.1, -0.05) is 0 Å². The van der Waals surface area contributed by atoms with Crippen molar-refractivity contribution in [3.8, 4) is 34.5 Å². The topological polar surface area (TPSA) is 81.7 Å².